The highest BCUT2D eigenvalue weighted by molar-refractivity contribution is 4.84. The molecule has 1 aliphatic heterocycles. The Balaban J connectivity index is 2.45. The first kappa shape index (κ1) is 15.9. The highest BCUT2D eigenvalue weighted by Crippen LogP contribution is 2.21. The number of nitrogens with zero attached hydrogens (tertiary/aromatic N) is 1. The van der Waals surface area contributed by atoms with Gasteiger partial charge in [0.25, 0.3) is 0 Å². The van der Waals surface area contributed by atoms with E-state index in [1.807, 2.05) is 0 Å². The minimum Gasteiger partial charge on any atom is -0.385 e. The van der Waals surface area contributed by atoms with Crippen LogP contribution in [0.1, 0.15) is 53.4 Å². The summed E-state index contributed by atoms with van der Waals surface area (Å²) in [5, 5.41) is 3.66. The standard InChI is InChI=1S/C15H32N2O/c1-13(9-11-18-5)17-10-7-6-8-14(17)12-16-15(2,3)4/h13-14,16H,6-12H2,1-5H3. The molecule has 0 radical (unpaired) electrons. The van der Waals surface area contributed by atoms with E-state index in [9.17, 15) is 0 Å². The third-order valence-corrected chi connectivity index (χ3v) is 3.85. The minimum atomic E-state index is 0.221. The van der Waals surface area contributed by atoms with Crippen molar-refractivity contribution >= 4 is 0 Å². The molecule has 0 bridgehead atoms. The fourth-order valence-electron chi connectivity index (χ4n) is 2.70. The summed E-state index contributed by atoms with van der Waals surface area (Å²) in [6, 6.07) is 1.34. The van der Waals surface area contributed by atoms with Crippen molar-refractivity contribution in [1.82, 2.24) is 10.2 Å². The molecule has 0 spiro atoms. The zero-order chi connectivity index (χ0) is 13.6. The number of nitrogens with one attached hydrogen (secondary N) is 1. The van der Waals surface area contributed by atoms with E-state index < -0.39 is 0 Å². The second kappa shape index (κ2) is 7.46. The van der Waals surface area contributed by atoms with E-state index in [0.717, 1.165) is 19.6 Å². The van der Waals surface area contributed by atoms with Gasteiger partial charge in [0, 0.05) is 37.9 Å². The third-order valence-electron chi connectivity index (χ3n) is 3.85. The van der Waals surface area contributed by atoms with Gasteiger partial charge in [-0.3, -0.25) is 4.90 Å². The highest BCUT2D eigenvalue weighted by Gasteiger charge is 2.27. The fraction of sp³-hybridized carbons (Fsp3) is 1.00. The fourth-order valence-corrected chi connectivity index (χ4v) is 2.70. The van der Waals surface area contributed by atoms with E-state index in [0.29, 0.717) is 12.1 Å². The van der Waals surface area contributed by atoms with Gasteiger partial charge in [0.15, 0.2) is 0 Å². The summed E-state index contributed by atoms with van der Waals surface area (Å²) in [6.45, 7) is 12.3. The first-order valence-electron chi connectivity index (χ1n) is 7.44. The van der Waals surface area contributed by atoms with Crippen LogP contribution in [-0.4, -0.2) is 49.3 Å². The van der Waals surface area contributed by atoms with Crippen LogP contribution in [0.25, 0.3) is 0 Å². The van der Waals surface area contributed by atoms with Crippen molar-refractivity contribution in [3.8, 4) is 0 Å². The number of hydrogen-bond donors (Lipinski definition) is 1. The summed E-state index contributed by atoms with van der Waals surface area (Å²) in [7, 11) is 1.79. The molecule has 2 unspecified atom stereocenters. The van der Waals surface area contributed by atoms with Gasteiger partial charge < -0.3 is 10.1 Å². The van der Waals surface area contributed by atoms with Crippen molar-refractivity contribution < 1.29 is 4.74 Å². The van der Waals surface area contributed by atoms with Crippen LogP contribution in [0.3, 0.4) is 0 Å². The van der Waals surface area contributed by atoms with Crippen LogP contribution < -0.4 is 5.32 Å². The summed E-state index contributed by atoms with van der Waals surface area (Å²) < 4.78 is 5.21. The van der Waals surface area contributed by atoms with Gasteiger partial charge in [-0.05, 0) is 53.5 Å². The molecular weight excluding hydrogens is 224 g/mol. The van der Waals surface area contributed by atoms with Crippen molar-refractivity contribution in [3.05, 3.63) is 0 Å². The molecule has 1 aliphatic rings. The molecule has 0 aromatic rings. The number of hydrogen-bond acceptors (Lipinski definition) is 3. The largest absolute Gasteiger partial charge is 0.385 e. The molecule has 0 aromatic carbocycles. The van der Waals surface area contributed by atoms with Gasteiger partial charge in [0.05, 0.1) is 0 Å². The molecule has 1 rings (SSSR count). The Hall–Kier alpha value is -0.120. The van der Waals surface area contributed by atoms with Crippen molar-refractivity contribution in [3.63, 3.8) is 0 Å². The monoisotopic (exact) mass is 256 g/mol. The van der Waals surface area contributed by atoms with Crippen LogP contribution >= 0.6 is 0 Å². The van der Waals surface area contributed by atoms with E-state index in [1.165, 1.54) is 25.8 Å². The molecule has 1 saturated heterocycles. The molecule has 0 aliphatic carbocycles. The number of rotatable bonds is 6. The molecule has 18 heavy (non-hydrogen) atoms. The van der Waals surface area contributed by atoms with Crippen LogP contribution in [0.4, 0.5) is 0 Å². The molecule has 1 fully saturated rings. The van der Waals surface area contributed by atoms with Gasteiger partial charge in [-0.2, -0.15) is 0 Å². The quantitative estimate of drug-likeness (QED) is 0.791. The zero-order valence-corrected chi connectivity index (χ0v) is 13.0. The Morgan fingerprint density at radius 1 is 1.33 bits per heavy atom. The predicted octanol–water partition coefficient (Wildman–Crippen LogP) is 2.65. The van der Waals surface area contributed by atoms with E-state index >= 15 is 0 Å². The average Bonchev–Trinajstić information content (AvgIpc) is 2.33. The van der Waals surface area contributed by atoms with Crippen molar-refractivity contribution in [2.45, 2.75) is 71.0 Å². The molecule has 3 heteroatoms. The maximum Gasteiger partial charge on any atom is 0.0477 e. The van der Waals surface area contributed by atoms with Crippen LogP contribution in [0.15, 0.2) is 0 Å². The van der Waals surface area contributed by atoms with Crippen molar-refractivity contribution in [1.29, 1.82) is 0 Å². The predicted molar refractivity (Wildman–Crippen MR) is 78.1 cm³/mol. The van der Waals surface area contributed by atoms with Gasteiger partial charge >= 0.3 is 0 Å². The lowest BCUT2D eigenvalue weighted by Gasteiger charge is -2.41. The second-order valence-electron chi connectivity index (χ2n) is 6.65. The summed E-state index contributed by atoms with van der Waals surface area (Å²) in [5.41, 5.74) is 0.221. The first-order chi connectivity index (χ1) is 8.44. The van der Waals surface area contributed by atoms with Crippen LogP contribution in [0.2, 0.25) is 0 Å². The minimum absolute atomic E-state index is 0.221. The van der Waals surface area contributed by atoms with E-state index in [4.69, 9.17) is 4.74 Å². The number of methoxy groups -OCH3 is 1. The first-order valence-corrected chi connectivity index (χ1v) is 7.44. The maximum absolute atomic E-state index is 5.21. The molecule has 0 saturated carbocycles. The molecule has 0 amide bonds. The molecule has 2 atom stereocenters. The van der Waals surface area contributed by atoms with E-state index in [1.54, 1.807) is 7.11 Å². The Bertz CT molecular complexity index is 225. The molecule has 1 N–H and O–H groups in total. The Kier molecular flexibility index (Phi) is 6.61. The van der Waals surface area contributed by atoms with Gasteiger partial charge in [-0.15, -0.1) is 0 Å². The SMILES string of the molecule is COCCC(C)N1CCCCC1CNC(C)(C)C. The Labute approximate surface area is 113 Å². The summed E-state index contributed by atoms with van der Waals surface area (Å²) in [5.74, 6) is 0. The van der Waals surface area contributed by atoms with Gasteiger partial charge in [-0.1, -0.05) is 6.42 Å². The van der Waals surface area contributed by atoms with Crippen LogP contribution in [-0.2, 0) is 4.74 Å². The summed E-state index contributed by atoms with van der Waals surface area (Å²) in [6.07, 6.45) is 5.20. The topological polar surface area (TPSA) is 24.5 Å². The number of ether oxygens (including phenoxy) is 1. The molecule has 3 nitrogen and oxygen atoms in total. The number of likely N-dealkylation sites (tertiary alicyclic amines) is 1. The zero-order valence-electron chi connectivity index (χ0n) is 13.0. The maximum atomic E-state index is 5.21. The molecule has 108 valence electrons. The Morgan fingerprint density at radius 2 is 2.06 bits per heavy atom. The van der Waals surface area contributed by atoms with Crippen molar-refractivity contribution in [2.24, 2.45) is 0 Å². The highest BCUT2D eigenvalue weighted by atomic mass is 16.5. The third kappa shape index (κ3) is 5.68. The molecule has 0 aromatic heterocycles. The van der Waals surface area contributed by atoms with Crippen LogP contribution in [0.5, 0.6) is 0 Å². The van der Waals surface area contributed by atoms with Crippen LogP contribution in [0, 0.1) is 0 Å². The van der Waals surface area contributed by atoms with E-state index in [2.05, 4.69) is 37.9 Å². The lowest BCUT2D eigenvalue weighted by Crippen LogP contribution is -2.52. The Morgan fingerprint density at radius 3 is 2.67 bits per heavy atom. The summed E-state index contributed by atoms with van der Waals surface area (Å²) >= 11 is 0. The smallest absolute Gasteiger partial charge is 0.0477 e. The number of piperidine rings is 1. The van der Waals surface area contributed by atoms with Gasteiger partial charge in [0.2, 0.25) is 0 Å². The molecule has 1 heterocycles. The second-order valence-corrected chi connectivity index (χ2v) is 6.65. The normalized spacial score (nSPS) is 24.2. The summed E-state index contributed by atoms with van der Waals surface area (Å²) in [4.78, 5) is 2.68. The molecular formula is C15H32N2O. The van der Waals surface area contributed by atoms with Gasteiger partial charge in [-0.25, -0.2) is 0 Å². The van der Waals surface area contributed by atoms with Crippen molar-refractivity contribution in [2.75, 3.05) is 26.8 Å². The lowest BCUT2D eigenvalue weighted by molar-refractivity contribution is 0.0743. The van der Waals surface area contributed by atoms with E-state index in [-0.39, 0.29) is 5.54 Å². The average molecular weight is 256 g/mol. The lowest BCUT2D eigenvalue weighted by atomic mass is 9.98. The van der Waals surface area contributed by atoms with Gasteiger partial charge in [0.1, 0.15) is 0 Å².